The zero-order chi connectivity index (χ0) is 21.1. The van der Waals surface area contributed by atoms with Crippen molar-refractivity contribution < 1.29 is 14.3 Å². The quantitative estimate of drug-likeness (QED) is 0.442. The molecule has 1 atom stereocenters. The highest BCUT2D eigenvalue weighted by Gasteiger charge is 2.24. The average Bonchev–Trinajstić information content (AvgIpc) is 3.16. The molecule has 2 aromatic carbocycles. The molecule has 0 bridgehead atoms. The minimum Gasteiger partial charge on any atom is -0.393 e. The van der Waals surface area contributed by atoms with Crippen molar-refractivity contribution in [1.29, 1.82) is 0 Å². The number of rotatable bonds is 5. The van der Waals surface area contributed by atoms with E-state index in [0.717, 1.165) is 29.4 Å². The van der Waals surface area contributed by atoms with Gasteiger partial charge in [0.25, 0.3) is 0 Å². The minimum absolute atomic E-state index is 0.0369. The first-order valence-electron chi connectivity index (χ1n) is 10.1. The van der Waals surface area contributed by atoms with Crippen LogP contribution in [0.25, 0.3) is 11.0 Å². The summed E-state index contributed by atoms with van der Waals surface area (Å²) < 4.78 is 14.4. The van der Waals surface area contributed by atoms with Crippen LogP contribution in [-0.4, -0.2) is 33.3 Å². The second kappa shape index (κ2) is 9.14. The Bertz CT molecular complexity index is 1000. The molecule has 3 aromatic rings. The second-order valence-electron chi connectivity index (χ2n) is 7.77. The Morgan fingerprint density at radius 2 is 2.00 bits per heavy atom. The van der Waals surface area contributed by atoms with Crippen molar-refractivity contribution in [2.45, 2.75) is 50.3 Å². The number of hydrogen-bond donors (Lipinski definition) is 4. The molecule has 0 spiro atoms. The molecule has 4 rings (SSSR count). The first-order valence-corrected chi connectivity index (χ1v) is 10.9. The number of aliphatic hydroxyl groups is 1. The van der Waals surface area contributed by atoms with Crippen LogP contribution in [0.3, 0.4) is 0 Å². The lowest BCUT2D eigenvalue weighted by Gasteiger charge is -2.27. The number of urea groups is 1. The van der Waals surface area contributed by atoms with Gasteiger partial charge in [0.05, 0.1) is 27.7 Å². The van der Waals surface area contributed by atoms with Gasteiger partial charge in [-0.3, -0.25) is 0 Å². The Balaban J connectivity index is 1.53. The van der Waals surface area contributed by atoms with Crippen molar-refractivity contribution in [3.63, 3.8) is 0 Å². The van der Waals surface area contributed by atoms with E-state index in [1.54, 1.807) is 6.07 Å². The predicted molar refractivity (Wildman–Crippen MR) is 117 cm³/mol. The molecule has 1 aliphatic carbocycles. The van der Waals surface area contributed by atoms with E-state index >= 15 is 0 Å². The number of benzene rings is 2. The van der Waals surface area contributed by atoms with Gasteiger partial charge >= 0.3 is 6.03 Å². The van der Waals surface area contributed by atoms with E-state index in [0.29, 0.717) is 29.6 Å². The van der Waals surface area contributed by atoms with E-state index < -0.39 is 6.04 Å². The Hall–Kier alpha value is -2.45. The van der Waals surface area contributed by atoms with Crippen LogP contribution in [0, 0.1) is 5.82 Å². The number of amides is 2. The predicted octanol–water partition coefficient (Wildman–Crippen LogP) is 4.35. The molecule has 2 amide bonds. The maximum absolute atomic E-state index is 14.0. The highest BCUT2D eigenvalue weighted by Crippen LogP contribution is 2.23. The number of aromatic nitrogens is 2. The van der Waals surface area contributed by atoms with Crippen LogP contribution in [0.15, 0.2) is 46.9 Å². The first kappa shape index (κ1) is 20.8. The highest BCUT2D eigenvalue weighted by molar-refractivity contribution is 9.10. The molecule has 0 radical (unpaired) electrons. The van der Waals surface area contributed by atoms with Gasteiger partial charge in [-0.1, -0.05) is 18.2 Å². The summed E-state index contributed by atoms with van der Waals surface area (Å²) in [6.45, 7) is 0. The molecule has 1 fully saturated rings. The maximum Gasteiger partial charge on any atom is 0.315 e. The number of nitrogens with one attached hydrogen (secondary N) is 3. The summed E-state index contributed by atoms with van der Waals surface area (Å²) in [7, 11) is 0. The van der Waals surface area contributed by atoms with Crippen LogP contribution in [0.4, 0.5) is 9.18 Å². The van der Waals surface area contributed by atoms with Crippen LogP contribution in [0.5, 0.6) is 0 Å². The molecule has 0 saturated heterocycles. The van der Waals surface area contributed by atoms with Gasteiger partial charge in [-0.05, 0) is 71.4 Å². The molecule has 8 heteroatoms. The smallest absolute Gasteiger partial charge is 0.315 e. The number of aliphatic hydroxyl groups excluding tert-OH is 1. The molecule has 1 heterocycles. The van der Waals surface area contributed by atoms with Crippen molar-refractivity contribution in [3.05, 3.63) is 64.1 Å². The summed E-state index contributed by atoms with van der Waals surface area (Å²) in [6, 6.07) is 11.9. The van der Waals surface area contributed by atoms with Crippen molar-refractivity contribution in [2.24, 2.45) is 0 Å². The van der Waals surface area contributed by atoms with Crippen molar-refractivity contribution in [1.82, 2.24) is 20.6 Å². The van der Waals surface area contributed by atoms with Gasteiger partial charge in [-0.25, -0.2) is 14.2 Å². The van der Waals surface area contributed by atoms with E-state index in [-0.39, 0.29) is 24.0 Å². The summed E-state index contributed by atoms with van der Waals surface area (Å²) in [4.78, 5) is 20.6. The van der Waals surface area contributed by atoms with Crippen LogP contribution in [0.2, 0.25) is 0 Å². The third kappa shape index (κ3) is 4.99. The van der Waals surface area contributed by atoms with Gasteiger partial charge in [0.15, 0.2) is 0 Å². The van der Waals surface area contributed by atoms with Crippen LogP contribution >= 0.6 is 15.9 Å². The number of halogens is 2. The Morgan fingerprint density at radius 1 is 1.23 bits per heavy atom. The molecular weight excluding hydrogens is 451 g/mol. The highest BCUT2D eigenvalue weighted by atomic mass is 79.9. The number of carbonyl (C=O) groups is 1. The van der Waals surface area contributed by atoms with Crippen LogP contribution in [0.1, 0.15) is 43.1 Å². The fourth-order valence-corrected chi connectivity index (χ4v) is 4.11. The summed E-state index contributed by atoms with van der Waals surface area (Å²) in [6.07, 6.45) is 3.00. The van der Waals surface area contributed by atoms with Crippen molar-refractivity contribution in [3.8, 4) is 0 Å². The third-order valence-electron chi connectivity index (χ3n) is 5.50. The Kier molecular flexibility index (Phi) is 6.34. The Morgan fingerprint density at radius 3 is 2.73 bits per heavy atom. The number of fused-ring (bicyclic) bond motifs is 1. The van der Waals surface area contributed by atoms with Crippen molar-refractivity contribution >= 4 is 33.0 Å². The lowest BCUT2D eigenvalue weighted by Crippen LogP contribution is -2.45. The molecule has 4 N–H and O–H groups in total. The van der Waals surface area contributed by atoms with Gasteiger partial charge in [0, 0.05) is 12.5 Å². The average molecular weight is 475 g/mol. The summed E-state index contributed by atoms with van der Waals surface area (Å²) in [5.41, 5.74) is 2.44. The molecule has 0 aliphatic heterocycles. The standard InChI is InChI=1S/C22H24BrFN4O2/c23-16-10-5-13(11-17(16)24)12-20(21-26-18-3-1-2-4-19(18)27-21)28-22(30)25-14-6-8-15(29)9-7-14/h1-5,10-11,14-15,20,29H,6-9,12H2,(H,26,27)(H2,25,28,30)/t14-,15-,20?. The van der Waals surface area contributed by atoms with Crippen LogP contribution < -0.4 is 10.6 Å². The van der Waals surface area contributed by atoms with Gasteiger partial charge in [0.2, 0.25) is 0 Å². The fourth-order valence-electron chi connectivity index (χ4n) is 3.86. The molecule has 1 aromatic heterocycles. The van der Waals surface area contributed by atoms with Gasteiger partial charge in [-0.15, -0.1) is 0 Å². The summed E-state index contributed by atoms with van der Waals surface area (Å²) in [5, 5.41) is 15.6. The number of carbonyl (C=O) groups excluding carboxylic acids is 1. The molecule has 30 heavy (non-hydrogen) atoms. The van der Waals surface area contributed by atoms with Gasteiger partial charge in [-0.2, -0.15) is 0 Å². The third-order valence-corrected chi connectivity index (χ3v) is 6.14. The monoisotopic (exact) mass is 474 g/mol. The zero-order valence-corrected chi connectivity index (χ0v) is 18.0. The Labute approximate surface area is 182 Å². The lowest BCUT2D eigenvalue weighted by atomic mass is 9.93. The maximum atomic E-state index is 14.0. The fraction of sp³-hybridized carbons (Fsp3) is 0.364. The zero-order valence-electron chi connectivity index (χ0n) is 16.4. The lowest BCUT2D eigenvalue weighted by molar-refractivity contribution is 0.117. The molecular formula is C22H24BrFN4O2. The number of imidazole rings is 1. The van der Waals surface area contributed by atoms with E-state index in [1.807, 2.05) is 30.3 Å². The molecule has 1 unspecified atom stereocenters. The second-order valence-corrected chi connectivity index (χ2v) is 8.62. The van der Waals surface area contributed by atoms with E-state index in [4.69, 9.17) is 0 Å². The normalized spacial score (nSPS) is 20.1. The van der Waals surface area contributed by atoms with Gasteiger partial charge < -0.3 is 20.7 Å². The number of hydrogen-bond acceptors (Lipinski definition) is 3. The number of H-pyrrole nitrogens is 1. The summed E-state index contributed by atoms with van der Waals surface area (Å²) in [5.74, 6) is 0.273. The number of nitrogens with zero attached hydrogens (tertiary/aromatic N) is 1. The first-order chi connectivity index (χ1) is 14.5. The number of aromatic amines is 1. The van der Waals surface area contributed by atoms with E-state index in [9.17, 15) is 14.3 Å². The topological polar surface area (TPSA) is 90.0 Å². The largest absolute Gasteiger partial charge is 0.393 e. The molecule has 1 saturated carbocycles. The SMILES string of the molecule is O=C(NC(Cc1ccc(Br)c(F)c1)c1nc2ccccc2[nH]1)N[C@H]1CC[C@H](O)CC1. The molecule has 158 valence electrons. The van der Waals surface area contributed by atoms with Crippen LogP contribution in [-0.2, 0) is 6.42 Å². The van der Waals surface area contributed by atoms with Crippen molar-refractivity contribution in [2.75, 3.05) is 0 Å². The molecule has 6 nitrogen and oxygen atoms in total. The van der Waals surface area contributed by atoms with E-state index in [1.165, 1.54) is 6.07 Å². The minimum atomic E-state index is -0.452. The summed E-state index contributed by atoms with van der Waals surface area (Å²) >= 11 is 3.17. The number of para-hydroxylation sites is 2. The van der Waals surface area contributed by atoms with E-state index in [2.05, 4.69) is 36.5 Å². The van der Waals surface area contributed by atoms with Gasteiger partial charge in [0.1, 0.15) is 11.6 Å². The molecule has 1 aliphatic rings.